The summed E-state index contributed by atoms with van der Waals surface area (Å²) in [5, 5.41) is 18.5. The number of esters is 1. The molecule has 0 N–H and O–H groups in total. The number of ether oxygens (including phenoxy) is 1. The first-order chi connectivity index (χ1) is 10.7. The number of aromatic nitrogens is 2. The Balaban J connectivity index is 2.10. The highest BCUT2D eigenvalue weighted by molar-refractivity contribution is 5.89. The topological polar surface area (TPSA) is 75.9 Å². The van der Waals surface area contributed by atoms with Gasteiger partial charge in [0.05, 0.1) is 11.1 Å². The SMILES string of the molecule is CC(=O)Oc1ccc(-c2nnc3ccccc3c2C#N)cc1. The molecule has 5 heteroatoms. The zero-order valence-corrected chi connectivity index (χ0v) is 11.8. The van der Waals surface area contributed by atoms with Crippen LogP contribution in [-0.2, 0) is 4.79 Å². The van der Waals surface area contributed by atoms with E-state index < -0.39 is 0 Å². The zero-order chi connectivity index (χ0) is 15.5. The molecule has 0 saturated heterocycles. The maximum absolute atomic E-state index is 10.9. The molecular weight excluding hydrogens is 278 g/mol. The van der Waals surface area contributed by atoms with Gasteiger partial charge in [-0.05, 0) is 30.3 Å². The number of rotatable bonds is 2. The van der Waals surface area contributed by atoms with E-state index in [-0.39, 0.29) is 5.97 Å². The van der Waals surface area contributed by atoms with Gasteiger partial charge in [-0.3, -0.25) is 4.79 Å². The van der Waals surface area contributed by atoms with Crippen molar-refractivity contribution in [1.29, 1.82) is 5.26 Å². The summed E-state index contributed by atoms with van der Waals surface area (Å²) in [5.41, 5.74) is 2.41. The molecule has 0 atom stereocenters. The Hall–Kier alpha value is -3.26. The molecule has 0 saturated carbocycles. The lowest BCUT2D eigenvalue weighted by Crippen LogP contribution is -2.01. The normalized spacial score (nSPS) is 10.2. The van der Waals surface area contributed by atoms with E-state index in [0.717, 1.165) is 10.9 Å². The predicted molar refractivity (Wildman–Crippen MR) is 81.0 cm³/mol. The average Bonchev–Trinajstić information content (AvgIpc) is 2.54. The fraction of sp³-hybridized carbons (Fsp3) is 0.0588. The van der Waals surface area contributed by atoms with E-state index in [2.05, 4.69) is 16.3 Å². The number of carbonyl (C=O) groups excluding carboxylic acids is 1. The van der Waals surface area contributed by atoms with Gasteiger partial charge in [0.1, 0.15) is 17.5 Å². The lowest BCUT2D eigenvalue weighted by atomic mass is 10.0. The number of hydrogen-bond acceptors (Lipinski definition) is 5. The number of benzene rings is 2. The molecule has 3 aromatic rings. The second kappa shape index (κ2) is 5.62. The maximum atomic E-state index is 10.9. The van der Waals surface area contributed by atoms with Gasteiger partial charge in [-0.1, -0.05) is 18.2 Å². The Morgan fingerprint density at radius 1 is 1.09 bits per heavy atom. The van der Waals surface area contributed by atoms with Crippen molar-refractivity contribution in [3.63, 3.8) is 0 Å². The Labute approximate surface area is 126 Å². The largest absolute Gasteiger partial charge is 0.427 e. The minimum Gasteiger partial charge on any atom is -0.427 e. The van der Waals surface area contributed by atoms with Crippen LogP contribution in [-0.4, -0.2) is 16.2 Å². The molecule has 0 bridgehead atoms. The smallest absolute Gasteiger partial charge is 0.308 e. The van der Waals surface area contributed by atoms with Gasteiger partial charge >= 0.3 is 5.97 Å². The summed E-state index contributed by atoms with van der Waals surface area (Å²) in [5.74, 6) is 0.0690. The number of fused-ring (bicyclic) bond motifs is 1. The van der Waals surface area contributed by atoms with Crippen molar-refractivity contribution in [2.45, 2.75) is 6.92 Å². The van der Waals surface area contributed by atoms with Gasteiger partial charge < -0.3 is 4.74 Å². The molecule has 1 aromatic heterocycles. The van der Waals surface area contributed by atoms with Gasteiger partial charge in [0.15, 0.2) is 0 Å². The molecule has 0 aliphatic rings. The standard InChI is InChI=1S/C17H11N3O2/c1-11(21)22-13-8-6-12(7-9-13)17-15(10-18)14-4-2-3-5-16(14)19-20-17/h2-9H,1H3. The van der Waals surface area contributed by atoms with E-state index in [0.29, 0.717) is 22.5 Å². The molecule has 2 aromatic carbocycles. The molecule has 5 nitrogen and oxygen atoms in total. The highest BCUT2D eigenvalue weighted by atomic mass is 16.5. The summed E-state index contributed by atoms with van der Waals surface area (Å²) in [6, 6.07) is 16.4. The van der Waals surface area contributed by atoms with Crippen LogP contribution in [0.2, 0.25) is 0 Å². The van der Waals surface area contributed by atoms with Crippen LogP contribution >= 0.6 is 0 Å². The van der Waals surface area contributed by atoms with Gasteiger partial charge in [0.2, 0.25) is 0 Å². The predicted octanol–water partition coefficient (Wildman–Crippen LogP) is 3.09. The Morgan fingerprint density at radius 2 is 1.82 bits per heavy atom. The van der Waals surface area contributed by atoms with Crippen LogP contribution in [0.4, 0.5) is 0 Å². The lowest BCUT2D eigenvalue weighted by molar-refractivity contribution is -0.131. The zero-order valence-electron chi connectivity index (χ0n) is 11.8. The van der Waals surface area contributed by atoms with Crippen LogP contribution in [0.3, 0.4) is 0 Å². The van der Waals surface area contributed by atoms with Crippen LogP contribution in [0.1, 0.15) is 12.5 Å². The van der Waals surface area contributed by atoms with Gasteiger partial charge in [-0.15, -0.1) is 10.2 Å². The quantitative estimate of drug-likeness (QED) is 0.535. The lowest BCUT2D eigenvalue weighted by Gasteiger charge is -2.06. The molecule has 3 rings (SSSR count). The molecule has 0 spiro atoms. The molecule has 0 unspecified atom stereocenters. The molecule has 0 amide bonds. The summed E-state index contributed by atoms with van der Waals surface area (Å²) in [6.45, 7) is 1.34. The third kappa shape index (κ3) is 2.50. The van der Waals surface area contributed by atoms with Crippen LogP contribution < -0.4 is 4.74 Å². The summed E-state index contributed by atoms with van der Waals surface area (Å²) in [7, 11) is 0. The first-order valence-electron chi connectivity index (χ1n) is 6.63. The molecule has 0 fully saturated rings. The molecule has 22 heavy (non-hydrogen) atoms. The fourth-order valence-electron chi connectivity index (χ4n) is 2.22. The van der Waals surface area contributed by atoms with E-state index in [1.807, 2.05) is 24.3 Å². The number of nitriles is 1. The van der Waals surface area contributed by atoms with Crippen molar-refractivity contribution < 1.29 is 9.53 Å². The van der Waals surface area contributed by atoms with Gasteiger partial charge in [-0.25, -0.2) is 0 Å². The van der Waals surface area contributed by atoms with Crippen molar-refractivity contribution in [1.82, 2.24) is 10.2 Å². The van der Waals surface area contributed by atoms with Crippen molar-refractivity contribution in [3.8, 4) is 23.1 Å². The highest BCUT2D eigenvalue weighted by Gasteiger charge is 2.12. The Kier molecular flexibility index (Phi) is 3.50. The number of hydrogen-bond donors (Lipinski definition) is 0. The monoisotopic (exact) mass is 289 g/mol. The first kappa shape index (κ1) is 13.7. The second-order valence-electron chi connectivity index (χ2n) is 4.67. The summed E-state index contributed by atoms with van der Waals surface area (Å²) >= 11 is 0. The van der Waals surface area contributed by atoms with Gasteiger partial charge in [-0.2, -0.15) is 5.26 Å². The highest BCUT2D eigenvalue weighted by Crippen LogP contribution is 2.27. The van der Waals surface area contributed by atoms with Crippen LogP contribution in [0.15, 0.2) is 48.5 Å². The number of carbonyl (C=O) groups is 1. The fourth-order valence-corrected chi connectivity index (χ4v) is 2.22. The van der Waals surface area contributed by atoms with Crippen molar-refractivity contribution in [3.05, 3.63) is 54.1 Å². The summed E-state index contributed by atoms with van der Waals surface area (Å²) in [6.07, 6.45) is 0. The maximum Gasteiger partial charge on any atom is 0.308 e. The van der Waals surface area contributed by atoms with Crippen LogP contribution in [0, 0.1) is 11.3 Å². The molecule has 106 valence electrons. The number of nitrogens with zero attached hydrogens (tertiary/aromatic N) is 3. The van der Waals surface area contributed by atoms with Crippen molar-refractivity contribution in [2.24, 2.45) is 0 Å². The Bertz CT molecular complexity index is 896. The minimum absolute atomic E-state index is 0.379. The third-order valence-corrected chi connectivity index (χ3v) is 3.17. The molecule has 1 heterocycles. The van der Waals surface area contributed by atoms with Crippen LogP contribution in [0.25, 0.3) is 22.2 Å². The Morgan fingerprint density at radius 3 is 2.50 bits per heavy atom. The van der Waals surface area contributed by atoms with E-state index >= 15 is 0 Å². The third-order valence-electron chi connectivity index (χ3n) is 3.17. The van der Waals surface area contributed by atoms with E-state index in [1.165, 1.54) is 6.92 Å². The minimum atomic E-state index is -0.379. The van der Waals surface area contributed by atoms with Crippen LogP contribution in [0.5, 0.6) is 5.75 Å². The van der Waals surface area contributed by atoms with E-state index in [9.17, 15) is 10.1 Å². The first-order valence-corrected chi connectivity index (χ1v) is 6.63. The van der Waals surface area contributed by atoms with Crippen molar-refractivity contribution >= 4 is 16.9 Å². The van der Waals surface area contributed by atoms with Gasteiger partial charge in [0.25, 0.3) is 0 Å². The molecule has 0 radical (unpaired) electrons. The molecule has 0 aliphatic carbocycles. The van der Waals surface area contributed by atoms with E-state index in [4.69, 9.17) is 4.74 Å². The summed E-state index contributed by atoms with van der Waals surface area (Å²) in [4.78, 5) is 10.9. The molecular formula is C17H11N3O2. The van der Waals surface area contributed by atoms with Gasteiger partial charge in [0, 0.05) is 17.9 Å². The molecule has 0 aliphatic heterocycles. The second-order valence-corrected chi connectivity index (χ2v) is 4.67. The summed E-state index contributed by atoms with van der Waals surface area (Å²) < 4.78 is 4.99. The average molecular weight is 289 g/mol. The van der Waals surface area contributed by atoms with E-state index in [1.54, 1.807) is 24.3 Å². The van der Waals surface area contributed by atoms with Crippen molar-refractivity contribution in [2.75, 3.05) is 0 Å².